The number of aromatic nitrogens is 2. The van der Waals surface area contributed by atoms with Crippen LogP contribution in [0.3, 0.4) is 0 Å². The second-order valence-electron chi connectivity index (χ2n) is 6.71. The Morgan fingerprint density at radius 1 is 1.25 bits per heavy atom. The highest BCUT2D eigenvalue weighted by atomic mass is 16.4. The first-order valence-electron chi connectivity index (χ1n) is 8.71. The van der Waals surface area contributed by atoms with E-state index in [9.17, 15) is 19.8 Å². The van der Waals surface area contributed by atoms with Crippen LogP contribution in [-0.2, 0) is 4.79 Å². The number of pyridine rings is 1. The molecule has 7 heteroatoms. The van der Waals surface area contributed by atoms with Gasteiger partial charge in [-0.05, 0) is 24.3 Å². The Labute approximate surface area is 160 Å². The largest absolute Gasteiger partial charge is 0.475 e. The summed E-state index contributed by atoms with van der Waals surface area (Å²) in [6.07, 6.45) is 1.92. The molecule has 1 atom stereocenters. The molecule has 4 rings (SSSR count). The smallest absolute Gasteiger partial charge is 0.372 e. The number of carbonyl (C=O) groups excluding carboxylic acids is 1. The van der Waals surface area contributed by atoms with Crippen molar-refractivity contribution in [1.82, 2.24) is 14.3 Å². The molecule has 140 valence electrons. The fourth-order valence-corrected chi connectivity index (χ4v) is 3.29. The third kappa shape index (κ3) is 2.90. The number of nitrogens with zero attached hydrogens (tertiary/aromatic N) is 3. The average molecular weight is 375 g/mol. The molecule has 0 bridgehead atoms. The van der Waals surface area contributed by atoms with E-state index >= 15 is 0 Å². The number of rotatable bonds is 2. The molecule has 2 aromatic heterocycles. The third-order valence-electron chi connectivity index (χ3n) is 4.80. The third-order valence-corrected chi connectivity index (χ3v) is 4.80. The molecule has 1 aliphatic heterocycles. The van der Waals surface area contributed by atoms with Crippen molar-refractivity contribution < 1.29 is 19.8 Å². The van der Waals surface area contributed by atoms with Gasteiger partial charge in [-0.2, -0.15) is 0 Å². The maximum absolute atomic E-state index is 12.1. The molecule has 0 saturated carbocycles. The van der Waals surface area contributed by atoms with Crippen molar-refractivity contribution in [1.29, 1.82) is 0 Å². The molecular formula is C21H17N3O4. The predicted octanol–water partition coefficient (Wildman–Crippen LogP) is 1.64. The minimum absolute atomic E-state index is 0.0732. The van der Waals surface area contributed by atoms with E-state index in [4.69, 9.17) is 0 Å². The fourth-order valence-electron chi connectivity index (χ4n) is 3.29. The zero-order valence-electron chi connectivity index (χ0n) is 15.1. The summed E-state index contributed by atoms with van der Waals surface area (Å²) in [7, 11) is 1.63. The minimum Gasteiger partial charge on any atom is -0.475 e. The first-order valence-corrected chi connectivity index (χ1v) is 8.71. The van der Waals surface area contributed by atoms with Crippen LogP contribution in [0.2, 0.25) is 0 Å². The van der Waals surface area contributed by atoms with Gasteiger partial charge in [-0.25, -0.2) is 9.78 Å². The van der Waals surface area contributed by atoms with E-state index in [1.165, 1.54) is 9.30 Å². The Bertz CT molecular complexity index is 1170. The standard InChI is InChI=1S/C21H17N3O4/c1-23-12-10-21(28,20(23)27)9-8-14-5-4-6-15(13-14)17-16-7-2-3-11-24(16)18(22-17)19(25)26/h2-7,11,13,28H,10,12H2,1H3,(H,25,26)/t21-/m0/s1. The lowest BCUT2D eigenvalue weighted by Crippen LogP contribution is -2.37. The lowest BCUT2D eigenvalue weighted by Gasteiger charge is -2.13. The van der Waals surface area contributed by atoms with E-state index in [-0.39, 0.29) is 12.2 Å². The number of likely N-dealkylation sites (tertiary alicyclic amines) is 1. The summed E-state index contributed by atoms with van der Waals surface area (Å²) in [5.74, 6) is 3.97. The molecule has 7 nitrogen and oxygen atoms in total. The van der Waals surface area contributed by atoms with E-state index in [1.807, 2.05) is 12.1 Å². The van der Waals surface area contributed by atoms with E-state index in [0.717, 1.165) is 0 Å². The van der Waals surface area contributed by atoms with E-state index < -0.39 is 17.5 Å². The number of carboxylic acid groups (broad SMARTS) is 1. The summed E-state index contributed by atoms with van der Waals surface area (Å²) in [6.45, 7) is 0.461. The van der Waals surface area contributed by atoms with Gasteiger partial charge in [0.15, 0.2) is 0 Å². The van der Waals surface area contributed by atoms with Crippen molar-refractivity contribution in [2.75, 3.05) is 13.6 Å². The van der Waals surface area contributed by atoms with Crippen molar-refractivity contribution in [3.8, 4) is 23.1 Å². The van der Waals surface area contributed by atoms with Crippen LogP contribution in [0, 0.1) is 11.8 Å². The Morgan fingerprint density at radius 3 is 2.79 bits per heavy atom. The summed E-state index contributed by atoms with van der Waals surface area (Å²) >= 11 is 0. The van der Waals surface area contributed by atoms with Crippen LogP contribution in [0.15, 0.2) is 48.7 Å². The number of carboxylic acids is 1. The Kier molecular flexibility index (Phi) is 4.13. The average Bonchev–Trinajstić information content (AvgIpc) is 3.21. The molecule has 0 unspecified atom stereocenters. The summed E-state index contributed by atoms with van der Waals surface area (Å²) < 4.78 is 1.52. The van der Waals surface area contributed by atoms with Gasteiger partial charge in [-0.15, -0.1) is 0 Å². The number of imidazole rings is 1. The molecular weight excluding hydrogens is 358 g/mol. The Hall–Kier alpha value is -3.63. The zero-order chi connectivity index (χ0) is 19.9. The van der Waals surface area contributed by atoms with Crippen molar-refractivity contribution in [3.05, 3.63) is 60.0 Å². The number of hydrogen-bond acceptors (Lipinski definition) is 4. The molecule has 3 heterocycles. The highest BCUT2D eigenvalue weighted by Gasteiger charge is 2.42. The first-order chi connectivity index (χ1) is 13.4. The molecule has 1 saturated heterocycles. The number of amides is 1. The number of benzene rings is 1. The lowest BCUT2D eigenvalue weighted by molar-refractivity contribution is -0.137. The molecule has 2 N–H and O–H groups in total. The zero-order valence-corrected chi connectivity index (χ0v) is 15.1. The van der Waals surface area contributed by atoms with Crippen LogP contribution in [-0.4, -0.2) is 55.6 Å². The lowest BCUT2D eigenvalue weighted by atomic mass is 10.0. The maximum atomic E-state index is 12.1. The fraction of sp³-hybridized carbons (Fsp3) is 0.190. The SMILES string of the molecule is CN1CC[C@@](O)(C#Cc2cccc(-c3nc(C(=O)O)n4ccccc34)c2)C1=O. The van der Waals surface area contributed by atoms with Gasteiger partial charge in [0, 0.05) is 37.3 Å². The van der Waals surface area contributed by atoms with Crippen LogP contribution in [0.25, 0.3) is 16.8 Å². The molecule has 1 amide bonds. The van der Waals surface area contributed by atoms with Crippen molar-refractivity contribution in [3.63, 3.8) is 0 Å². The van der Waals surface area contributed by atoms with Gasteiger partial charge in [0.1, 0.15) is 0 Å². The quantitative estimate of drug-likeness (QED) is 0.664. The molecule has 1 aromatic carbocycles. The molecule has 0 radical (unpaired) electrons. The van der Waals surface area contributed by atoms with Crippen molar-refractivity contribution >= 4 is 17.4 Å². The van der Waals surface area contributed by atoms with Crippen molar-refractivity contribution in [2.45, 2.75) is 12.0 Å². The van der Waals surface area contributed by atoms with E-state index in [2.05, 4.69) is 16.8 Å². The highest BCUT2D eigenvalue weighted by Crippen LogP contribution is 2.26. The molecule has 1 fully saturated rings. The van der Waals surface area contributed by atoms with Crippen molar-refractivity contribution in [2.24, 2.45) is 0 Å². The van der Waals surface area contributed by atoms with Gasteiger partial charge in [0.2, 0.25) is 11.4 Å². The molecule has 1 aliphatic rings. The van der Waals surface area contributed by atoms with Crippen LogP contribution in [0.5, 0.6) is 0 Å². The second-order valence-corrected chi connectivity index (χ2v) is 6.71. The maximum Gasteiger partial charge on any atom is 0.372 e. The van der Waals surface area contributed by atoms with Crippen LogP contribution in [0.4, 0.5) is 0 Å². The van der Waals surface area contributed by atoms with Gasteiger partial charge in [-0.3, -0.25) is 9.20 Å². The van der Waals surface area contributed by atoms with Gasteiger partial charge in [0.05, 0.1) is 11.2 Å². The van der Waals surface area contributed by atoms with Gasteiger partial charge in [-0.1, -0.05) is 30.0 Å². The second kappa shape index (κ2) is 6.51. The molecule has 28 heavy (non-hydrogen) atoms. The van der Waals surface area contributed by atoms with Crippen LogP contribution >= 0.6 is 0 Å². The molecule has 0 spiro atoms. The number of hydrogen-bond donors (Lipinski definition) is 2. The summed E-state index contributed by atoms with van der Waals surface area (Å²) in [6, 6.07) is 12.5. The monoisotopic (exact) mass is 375 g/mol. The Morgan fingerprint density at radius 2 is 2.07 bits per heavy atom. The number of fused-ring (bicyclic) bond motifs is 1. The Balaban J connectivity index is 1.76. The van der Waals surface area contributed by atoms with Crippen LogP contribution < -0.4 is 0 Å². The molecule has 0 aliphatic carbocycles. The van der Waals surface area contributed by atoms with E-state index in [0.29, 0.717) is 28.9 Å². The van der Waals surface area contributed by atoms with Gasteiger partial charge in [0.25, 0.3) is 5.91 Å². The summed E-state index contributed by atoms with van der Waals surface area (Å²) in [4.78, 5) is 29.3. The number of likely N-dealkylation sites (N-methyl/N-ethyl adjacent to an activating group) is 1. The highest BCUT2D eigenvalue weighted by molar-refractivity contribution is 5.91. The van der Waals surface area contributed by atoms with E-state index in [1.54, 1.807) is 43.6 Å². The summed E-state index contributed by atoms with van der Waals surface area (Å²) in [5.41, 5.74) is 0.822. The number of aliphatic hydroxyl groups is 1. The normalized spacial score (nSPS) is 18.9. The molecule has 3 aromatic rings. The summed E-state index contributed by atoms with van der Waals surface area (Å²) in [5, 5.41) is 19.8. The topological polar surface area (TPSA) is 95.1 Å². The van der Waals surface area contributed by atoms with Crippen LogP contribution in [0.1, 0.15) is 22.6 Å². The van der Waals surface area contributed by atoms with Gasteiger partial charge >= 0.3 is 5.97 Å². The minimum atomic E-state index is -1.66. The number of carbonyl (C=O) groups is 2. The first kappa shape index (κ1) is 17.8. The number of aromatic carboxylic acids is 1. The predicted molar refractivity (Wildman–Crippen MR) is 102 cm³/mol. The van der Waals surface area contributed by atoms with Gasteiger partial charge < -0.3 is 15.1 Å².